The number of nitrogens with zero attached hydrogens (tertiary/aromatic N) is 3. The van der Waals surface area contributed by atoms with E-state index in [0.29, 0.717) is 23.5 Å². The highest BCUT2D eigenvalue weighted by Gasteiger charge is 2.21. The second kappa shape index (κ2) is 6.84. The molecule has 3 heterocycles. The van der Waals surface area contributed by atoms with Crippen LogP contribution in [0.2, 0.25) is 0 Å². The molecule has 0 amide bonds. The lowest BCUT2D eigenvalue weighted by Crippen LogP contribution is -2.09. The fraction of sp³-hybridized carbons (Fsp3) is 0.333. The van der Waals surface area contributed by atoms with E-state index in [1.54, 1.807) is 11.4 Å². The summed E-state index contributed by atoms with van der Waals surface area (Å²) in [5.41, 5.74) is 1.57. The first-order chi connectivity index (χ1) is 11.8. The second-order valence-corrected chi connectivity index (χ2v) is 7.75. The Morgan fingerprint density at radius 3 is 2.72 bits per heavy atom. The van der Waals surface area contributed by atoms with Gasteiger partial charge in [0.2, 0.25) is 0 Å². The summed E-state index contributed by atoms with van der Waals surface area (Å²) in [7, 11) is 0. The summed E-state index contributed by atoms with van der Waals surface area (Å²) in [5.74, 6) is 0.265. The molecule has 0 aliphatic carbocycles. The van der Waals surface area contributed by atoms with Crippen molar-refractivity contribution in [3.8, 4) is 0 Å². The third-order valence-electron chi connectivity index (χ3n) is 3.60. The molecule has 0 aliphatic heterocycles. The number of hydrogen-bond donors (Lipinski definition) is 0. The molecule has 3 aromatic heterocycles. The summed E-state index contributed by atoms with van der Waals surface area (Å²) < 4.78 is 18.2. The number of thiazole rings is 1. The van der Waals surface area contributed by atoms with E-state index in [1.807, 2.05) is 26.8 Å². The number of carbonyl (C=O) groups is 1. The van der Waals surface area contributed by atoms with Crippen molar-refractivity contribution < 1.29 is 13.7 Å². The maximum absolute atomic E-state index is 12.9. The molecule has 0 aliphatic rings. The van der Waals surface area contributed by atoms with Crippen LogP contribution < -0.4 is 0 Å². The molecule has 3 aromatic rings. The van der Waals surface area contributed by atoms with Crippen LogP contribution in [0.1, 0.15) is 53.4 Å². The first-order valence-corrected chi connectivity index (χ1v) is 8.73. The van der Waals surface area contributed by atoms with Crippen LogP contribution in [0, 0.1) is 5.82 Å². The zero-order valence-electron chi connectivity index (χ0n) is 14.2. The summed E-state index contributed by atoms with van der Waals surface area (Å²) in [4.78, 5) is 20.7. The van der Waals surface area contributed by atoms with Crippen molar-refractivity contribution in [3.05, 3.63) is 63.4 Å². The standard InChI is InChI=1S/C18H18FN3O2S/c1-18(2,3)16-7-13(22-24-16)6-15(23)14-10-25-17(21-14)8-12-5-4-11(19)9-20-12/h4-5,7,9-10H,6,8H2,1-3H3. The van der Waals surface area contributed by atoms with E-state index in [9.17, 15) is 9.18 Å². The Kier molecular flexibility index (Phi) is 4.76. The smallest absolute Gasteiger partial charge is 0.188 e. The van der Waals surface area contributed by atoms with Crippen LogP contribution in [0.5, 0.6) is 0 Å². The van der Waals surface area contributed by atoms with Gasteiger partial charge in [0, 0.05) is 29.0 Å². The Balaban J connectivity index is 1.66. The van der Waals surface area contributed by atoms with E-state index in [2.05, 4.69) is 15.1 Å². The van der Waals surface area contributed by atoms with E-state index in [4.69, 9.17) is 4.52 Å². The van der Waals surface area contributed by atoms with Gasteiger partial charge in [-0.05, 0) is 12.1 Å². The Hall–Kier alpha value is -2.41. The number of Topliss-reactive ketones (excluding diaryl/α,β-unsaturated/α-hetero) is 1. The summed E-state index contributed by atoms with van der Waals surface area (Å²) in [6, 6.07) is 4.79. The third-order valence-corrected chi connectivity index (χ3v) is 4.45. The molecule has 25 heavy (non-hydrogen) atoms. The van der Waals surface area contributed by atoms with E-state index in [1.165, 1.54) is 23.6 Å². The fourth-order valence-electron chi connectivity index (χ4n) is 2.19. The number of carbonyl (C=O) groups excluding carboxylic acids is 1. The topological polar surface area (TPSA) is 68.9 Å². The van der Waals surface area contributed by atoms with Crippen molar-refractivity contribution in [1.29, 1.82) is 0 Å². The van der Waals surface area contributed by atoms with Gasteiger partial charge in [-0.15, -0.1) is 11.3 Å². The Morgan fingerprint density at radius 2 is 2.08 bits per heavy atom. The van der Waals surface area contributed by atoms with Gasteiger partial charge in [-0.2, -0.15) is 0 Å². The van der Waals surface area contributed by atoms with Crippen molar-refractivity contribution in [2.45, 2.75) is 39.0 Å². The molecule has 0 N–H and O–H groups in total. The van der Waals surface area contributed by atoms with Gasteiger partial charge in [-0.3, -0.25) is 9.78 Å². The molecule has 0 fully saturated rings. The van der Waals surface area contributed by atoms with Crippen LogP contribution in [0.3, 0.4) is 0 Å². The molecule has 0 saturated carbocycles. The molecule has 0 saturated heterocycles. The molecule has 0 atom stereocenters. The molecule has 0 spiro atoms. The first kappa shape index (κ1) is 17.4. The van der Waals surface area contributed by atoms with Crippen LogP contribution in [-0.4, -0.2) is 20.9 Å². The molecule has 0 radical (unpaired) electrons. The minimum atomic E-state index is -0.374. The summed E-state index contributed by atoms with van der Waals surface area (Å²) in [5, 5.41) is 6.46. The quantitative estimate of drug-likeness (QED) is 0.645. The Labute approximate surface area is 148 Å². The zero-order valence-corrected chi connectivity index (χ0v) is 15.1. The third kappa shape index (κ3) is 4.36. The Morgan fingerprint density at radius 1 is 1.28 bits per heavy atom. The van der Waals surface area contributed by atoms with Crippen LogP contribution in [0.25, 0.3) is 0 Å². The lowest BCUT2D eigenvalue weighted by atomic mass is 9.93. The number of pyridine rings is 1. The lowest BCUT2D eigenvalue weighted by Gasteiger charge is -2.12. The number of hydrogen-bond acceptors (Lipinski definition) is 6. The number of rotatable bonds is 5. The fourth-order valence-corrected chi connectivity index (χ4v) is 3.00. The molecule has 7 heteroatoms. The van der Waals surface area contributed by atoms with Crippen molar-refractivity contribution in [2.24, 2.45) is 0 Å². The average molecular weight is 359 g/mol. The molecule has 0 aromatic carbocycles. The maximum Gasteiger partial charge on any atom is 0.188 e. The second-order valence-electron chi connectivity index (χ2n) is 6.80. The average Bonchev–Trinajstić information content (AvgIpc) is 3.18. The molecule has 0 unspecified atom stereocenters. The zero-order chi connectivity index (χ0) is 18.0. The highest BCUT2D eigenvalue weighted by molar-refractivity contribution is 7.09. The van der Waals surface area contributed by atoms with Gasteiger partial charge in [0.15, 0.2) is 5.78 Å². The number of halogens is 1. The summed E-state index contributed by atoms with van der Waals surface area (Å²) >= 11 is 1.39. The van der Waals surface area contributed by atoms with Crippen LogP contribution in [-0.2, 0) is 18.3 Å². The summed E-state index contributed by atoms with van der Waals surface area (Å²) in [6.45, 7) is 6.07. The van der Waals surface area contributed by atoms with Gasteiger partial charge in [-0.25, -0.2) is 9.37 Å². The van der Waals surface area contributed by atoms with E-state index in [0.717, 1.165) is 10.8 Å². The van der Waals surface area contributed by atoms with Gasteiger partial charge in [0.1, 0.15) is 17.3 Å². The van der Waals surface area contributed by atoms with Gasteiger partial charge >= 0.3 is 0 Å². The van der Waals surface area contributed by atoms with Crippen molar-refractivity contribution in [3.63, 3.8) is 0 Å². The largest absolute Gasteiger partial charge is 0.361 e. The Bertz CT molecular complexity index is 878. The number of ketones is 1. The first-order valence-electron chi connectivity index (χ1n) is 7.85. The molecule has 3 rings (SSSR count). The summed E-state index contributed by atoms with van der Waals surface area (Å²) in [6.07, 6.45) is 1.79. The van der Waals surface area contributed by atoms with Crippen molar-refractivity contribution in [2.75, 3.05) is 0 Å². The van der Waals surface area contributed by atoms with E-state index < -0.39 is 0 Å². The van der Waals surface area contributed by atoms with Crippen molar-refractivity contribution in [1.82, 2.24) is 15.1 Å². The number of aromatic nitrogens is 3. The van der Waals surface area contributed by atoms with Gasteiger partial charge in [0.25, 0.3) is 0 Å². The monoisotopic (exact) mass is 359 g/mol. The van der Waals surface area contributed by atoms with Gasteiger partial charge in [-0.1, -0.05) is 25.9 Å². The maximum atomic E-state index is 12.9. The molecule has 0 bridgehead atoms. The molecular weight excluding hydrogens is 341 g/mol. The van der Waals surface area contributed by atoms with Crippen LogP contribution >= 0.6 is 11.3 Å². The van der Waals surface area contributed by atoms with Crippen LogP contribution in [0.15, 0.2) is 34.3 Å². The minimum Gasteiger partial charge on any atom is -0.361 e. The van der Waals surface area contributed by atoms with E-state index in [-0.39, 0.29) is 23.4 Å². The molecular formula is C18H18FN3O2S. The highest BCUT2D eigenvalue weighted by Crippen LogP contribution is 2.23. The SMILES string of the molecule is CC(C)(C)c1cc(CC(=O)c2csc(Cc3ccc(F)cn3)n2)no1. The molecule has 130 valence electrons. The predicted octanol–water partition coefficient (Wildman–Crippen LogP) is 3.98. The predicted molar refractivity (Wildman–Crippen MR) is 92.4 cm³/mol. The normalized spacial score (nSPS) is 11.7. The van der Waals surface area contributed by atoms with Crippen molar-refractivity contribution >= 4 is 17.1 Å². The minimum absolute atomic E-state index is 0.108. The van der Waals surface area contributed by atoms with Gasteiger partial charge < -0.3 is 4.52 Å². The van der Waals surface area contributed by atoms with E-state index >= 15 is 0 Å². The highest BCUT2D eigenvalue weighted by atomic mass is 32.1. The molecule has 5 nitrogen and oxygen atoms in total. The lowest BCUT2D eigenvalue weighted by molar-refractivity contribution is 0.0986. The van der Waals surface area contributed by atoms with Gasteiger partial charge in [0.05, 0.1) is 23.3 Å². The van der Waals surface area contributed by atoms with Crippen LogP contribution in [0.4, 0.5) is 4.39 Å².